The third-order valence-corrected chi connectivity index (χ3v) is 44.8. The number of amides is 2. The summed E-state index contributed by atoms with van der Waals surface area (Å²) in [7, 11) is 0. The van der Waals surface area contributed by atoms with Gasteiger partial charge in [0.05, 0.1) is 64.3 Å². The number of hydrogen-bond acceptors (Lipinski definition) is 19. The van der Waals surface area contributed by atoms with Crippen molar-refractivity contribution in [3.8, 4) is 78.0 Å². The fraction of sp³-hybridized carbons (Fsp3) is 0.170. The van der Waals surface area contributed by atoms with Crippen LogP contribution < -0.4 is 18.9 Å². The first kappa shape index (κ1) is 124. The fourth-order valence-corrected chi connectivity index (χ4v) is 34.6. The zero-order valence-corrected chi connectivity index (χ0v) is 107. The van der Waals surface area contributed by atoms with Crippen LogP contribution in [0.5, 0.6) is 0 Å². The topological polar surface area (TPSA) is 37.4 Å². The van der Waals surface area contributed by atoms with Crippen molar-refractivity contribution < 1.29 is 69.3 Å². The molecule has 3 nitrogen and oxygen atoms in total. The van der Waals surface area contributed by atoms with E-state index in [2.05, 4.69) is 437 Å². The second kappa shape index (κ2) is 61.3. The van der Waals surface area contributed by atoms with Gasteiger partial charge in [-0.25, -0.2) is 12.7 Å². The van der Waals surface area contributed by atoms with E-state index < -0.39 is 29.4 Å². The Bertz CT molecular complexity index is 6020. The zero-order valence-electron chi connectivity index (χ0n) is 74.1. The predicted molar refractivity (Wildman–Crippen MR) is 621 cm³/mol. The van der Waals surface area contributed by atoms with Gasteiger partial charge in [0.1, 0.15) is 0 Å². The van der Waals surface area contributed by atoms with Crippen molar-refractivity contribution in [1.82, 2.24) is 3.93 Å². The molecule has 1 saturated heterocycles. The van der Waals surface area contributed by atoms with Gasteiger partial charge in [0, 0.05) is 127 Å². The van der Waals surface area contributed by atoms with E-state index in [0.29, 0.717) is 12.8 Å². The number of carbonyl (C=O) groups excluding carboxylic acids is 2. The molecule has 19 rings (SSSR count). The number of unbranched alkanes of at least 4 members (excludes halogenated alkanes) is 1. The molecule has 2 aliphatic rings. The minimum absolute atomic E-state index is 0. The molecular weight excluding hydrogens is 2890 g/mol. The van der Waals surface area contributed by atoms with Gasteiger partial charge in [-0.15, -0.1) is 193 Å². The van der Waals surface area contributed by atoms with Gasteiger partial charge in [-0.05, 0) is 417 Å². The smallest absolute Gasteiger partial charge is 1.00 e. The van der Waals surface area contributed by atoms with Gasteiger partial charge in [-0.3, -0.25) is 9.59 Å². The largest absolute Gasteiger partial charge is 2.00 e. The summed E-state index contributed by atoms with van der Waals surface area (Å²) >= 11 is 75.1. The maximum atomic E-state index is 12.0. The number of aryl methyl sites for hydroxylation is 7. The van der Waals surface area contributed by atoms with Crippen LogP contribution in [-0.4, -0.2) is 79.6 Å². The van der Waals surface area contributed by atoms with E-state index in [4.69, 9.17) is 0 Å². The Morgan fingerprint density at radius 2 is 0.621 bits per heavy atom. The van der Waals surface area contributed by atoms with Crippen LogP contribution in [0.1, 0.15) is 72.5 Å². The molecule has 0 bridgehead atoms. The Labute approximate surface area is 991 Å². The molecule has 0 spiro atoms. The van der Waals surface area contributed by atoms with Crippen LogP contribution in [0.15, 0.2) is 258 Å². The molecule has 1 aliphatic heterocycles. The van der Waals surface area contributed by atoms with Gasteiger partial charge in [0.25, 0.3) is 0 Å². The Morgan fingerprint density at radius 1 is 0.326 bits per heavy atom. The zero-order chi connectivity index (χ0) is 94.8. The quantitative estimate of drug-likeness (QED) is 0.0475. The average Bonchev–Trinajstić information content (AvgIpc) is 1.56. The standard InChI is InChI=1S/2C13H9BrS3.2C9H6Br2S2.2C9H7BrS2.C5H5BrS.C5F8.C4H2Br2S.C4H4BrNO2.C4H3BrS.C4H9.Li.2Mg.4H/c2*1-8-4-5-11(16-8)13-9(14)7-12(17-13)10-3-2-6-15-10;2*1-5-2-3-7(12-5)9-6(10)4-8(11)13-9;2*1-6-2-3-8(12-6)9-7(10)4-5-11-9;1-4-2-3-5(6)7-4;6-1-2(7)4(10,11)5(12,13)3(1,8)9;5-3-1-2-7-4(3)6;5-6-3(7)1-2-4(6)8;5-4-2-1-3-6-4;1-3-4-2;;;;;;;/h2*2-7H,1H3;2*2-4H,1H3;2*2-5H,1H3;2-3H,1H3;;1-2H;1-2H2;1-3H;1,3-4H2,2H3;;;;;;;/q;;;;;;;;;;;-1;+1;2*+2;4*-1. The third-order valence-electron chi connectivity index (χ3n) is 15.9. The van der Waals surface area contributed by atoms with Crippen molar-refractivity contribution >= 4 is 458 Å². The van der Waals surface area contributed by atoms with Gasteiger partial charge in [0.2, 0.25) is 23.5 Å². The summed E-state index contributed by atoms with van der Waals surface area (Å²) in [5.41, 5.74) is 0. The summed E-state index contributed by atoms with van der Waals surface area (Å²) < 4.78 is 111. The molecule has 2 amide bonds. The van der Waals surface area contributed by atoms with Crippen molar-refractivity contribution in [1.29, 1.82) is 0 Å². The summed E-state index contributed by atoms with van der Waals surface area (Å²) in [4.78, 5) is 51.8. The second-order valence-electron chi connectivity index (χ2n) is 25.7. The molecule has 694 valence electrons. The summed E-state index contributed by atoms with van der Waals surface area (Å²) in [6.07, 6.45) is 2.98. The number of thiophene rings is 17. The maximum absolute atomic E-state index is 12.0. The normalized spacial score (nSPS) is 12.6. The molecule has 0 aromatic carbocycles. The summed E-state index contributed by atoms with van der Waals surface area (Å²) in [5.74, 6) is -24.8. The Morgan fingerprint density at radius 3 is 0.795 bits per heavy atom. The molecular formula is C88H71Br13F8LiMg2NO2S17. The van der Waals surface area contributed by atoms with E-state index in [1.807, 2.05) is 120 Å². The molecule has 132 heavy (non-hydrogen) atoms. The molecule has 44 heteroatoms. The third kappa shape index (κ3) is 37.8. The summed E-state index contributed by atoms with van der Waals surface area (Å²) in [6.45, 7) is 20.6. The van der Waals surface area contributed by atoms with Gasteiger partial charge in [0.15, 0.2) is 0 Å². The van der Waals surface area contributed by atoms with Crippen molar-refractivity contribution in [3.05, 3.63) is 299 Å². The monoisotopic (exact) mass is 2950 g/mol. The van der Waals surface area contributed by atoms with Crippen LogP contribution in [0.3, 0.4) is 0 Å². The molecule has 1 aliphatic carbocycles. The maximum Gasteiger partial charge on any atom is 2.00 e. The van der Waals surface area contributed by atoms with Crippen molar-refractivity contribution in [2.45, 2.75) is 98.8 Å². The Balaban J connectivity index is 0.000000750. The SMILES string of the molecule is Brc1cccs1.Brc1ccsc1Br.Cc1ccc(-c2sc(-c3cccs3)cc2Br)s1.Cc1ccc(-c2sc(-c3cccs3)cc2Br)s1.Cc1ccc(-c2sc(Br)cc2Br)s1.Cc1ccc(-c2sc(Br)cc2Br)s1.Cc1ccc(-c2sccc2Br)s1.Cc1ccc(-c2sccc2Br)s1.Cc1ccc(Br)s1.FC1=C(F)C(F)(F)C(F)(F)C1(F)F.O=C1CCC(=O)N1Br.[CH2-]CCC.[H-].[H-].[H-].[H-].[Li+].[Mg+2].[Mg+2]. The first-order valence-electron chi connectivity index (χ1n) is 36.8. The van der Waals surface area contributed by atoms with Crippen LogP contribution in [0.4, 0.5) is 35.1 Å². The number of imide groups is 1. The van der Waals surface area contributed by atoms with E-state index in [-0.39, 0.29) is 82.5 Å². The minimum Gasteiger partial charge on any atom is -1.00 e. The summed E-state index contributed by atoms with van der Waals surface area (Å²) in [6, 6.07) is 57.6. The average molecular weight is 2970 g/mol. The fourth-order valence-electron chi connectivity index (χ4n) is 9.69. The van der Waals surface area contributed by atoms with Gasteiger partial charge >= 0.3 is 82.7 Å². The number of allylic oxidation sites excluding steroid dienone is 2. The Kier molecular flexibility index (Phi) is 57.6. The molecule has 1 fully saturated rings. The number of carbonyl (C=O) groups is 2. The van der Waals surface area contributed by atoms with Gasteiger partial charge in [-0.2, -0.15) is 32.8 Å². The number of alkyl halides is 6. The second-order valence-corrected chi connectivity index (χ2v) is 58.1. The molecule has 18 heterocycles. The van der Waals surface area contributed by atoms with Crippen LogP contribution in [-0.2, 0) is 9.59 Å². The predicted octanol–water partition coefficient (Wildman–Crippen LogP) is 42.7. The summed E-state index contributed by atoms with van der Waals surface area (Å²) in [5, 5.41) is 12.5. The van der Waals surface area contributed by atoms with Crippen LogP contribution in [0, 0.1) is 55.4 Å². The number of rotatable bonds is 9. The van der Waals surface area contributed by atoms with Gasteiger partial charge in [-0.1, -0.05) is 31.5 Å². The molecule has 0 N–H and O–H groups in total. The number of nitrogens with zero attached hydrogens (tertiary/aromatic N) is 1. The molecule has 0 atom stereocenters. The first-order chi connectivity index (χ1) is 61.0. The molecule has 0 radical (unpaired) electrons. The van der Waals surface area contributed by atoms with Crippen molar-refractivity contribution in [2.24, 2.45) is 0 Å². The number of hydrogen-bond donors (Lipinski definition) is 0. The van der Waals surface area contributed by atoms with E-state index in [9.17, 15) is 44.7 Å². The van der Waals surface area contributed by atoms with E-state index in [1.165, 1.54) is 161 Å². The molecule has 0 saturated carbocycles. The van der Waals surface area contributed by atoms with Gasteiger partial charge < -0.3 is 12.6 Å². The van der Waals surface area contributed by atoms with Crippen molar-refractivity contribution in [2.75, 3.05) is 0 Å². The van der Waals surface area contributed by atoms with E-state index >= 15 is 0 Å². The molecule has 17 aromatic rings. The van der Waals surface area contributed by atoms with E-state index in [1.54, 1.807) is 102 Å². The van der Waals surface area contributed by atoms with E-state index in [0.717, 1.165) is 18.6 Å². The Hall–Kier alpha value is 1.59. The van der Waals surface area contributed by atoms with Crippen molar-refractivity contribution in [3.63, 3.8) is 0 Å². The molecule has 0 unspecified atom stereocenters. The molecule has 17 aromatic heterocycles. The number of halogens is 21. The van der Waals surface area contributed by atoms with Crippen LogP contribution in [0.2, 0.25) is 0 Å². The first-order valence-corrected chi connectivity index (χ1v) is 61.2. The van der Waals surface area contributed by atoms with Crippen LogP contribution in [0.25, 0.3) is 78.0 Å². The van der Waals surface area contributed by atoms with Crippen LogP contribution >= 0.6 is 400 Å². The minimum atomic E-state index is -6.06.